The fourth-order valence-electron chi connectivity index (χ4n) is 0.383. The van der Waals surface area contributed by atoms with Crippen LogP contribution < -0.4 is 0 Å². The number of allylic oxidation sites excluding steroid dienone is 1. The van der Waals surface area contributed by atoms with Gasteiger partial charge in [-0.25, -0.2) is 4.79 Å². The molecule has 0 aromatic rings. The normalized spacial score (nSPS) is 7.60. The molecule has 0 amide bonds. The first-order valence-corrected chi connectivity index (χ1v) is 2.70. The van der Waals surface area contributed by atoms with Gasteiger partial charge < -0.3 is 5.11 Å². The van der Waals surface area contributed by atoms with Crippen LogP contribution >= 0.6 is 0 Å². The molecule has 0 aliphatic heterocycles. The third kappa shape index (κ3) is 5.03. The SMILES string of the molecule is C=CCCC(=C)C(=O)O.F. The highest BCUT2D eigenvalue weighted by Crippen LogP contribution is 2.01. The molecule has 0 aromatic carbocycles. The summed E-state index contributed by atoms with van der Waals surface area (Å²) in [6.45, 7) is 6.80. The molecule has 0 aliphatic rings. The molecule has 0 unspecified atom stereocenters. The van der Waals surface area contributed by atoms with E-state index in [0.717, 1.165) is 0 Å². The Morgan fingerprint density at radius 3 is 2.40 bits per heavy atom. The zero-order valence-electron chi connectivity index (χ0n) is 5.67. The lowest BCUT2D eigenvalue weighted by Gasteiger charge is -1.93. The zero-order valence-corrected chi connectivity index (χ0v) is 5.67. The zero-order chi connectivity index (χ0) is 7.28. The van der Waals surface area contributed by atoms with Crippen molar-refractivity contribution in [3.05, 3.63) is 24.8 Å². The maximum Gasteiger partial charge on any atom is 0.330 e. The van der Waals surface area contributed by atoms with Crippen molar-refractivity contribution in [2.24, 2.45) is 0 Å². The van der Waals surface area contributed by atoms with E-state index in [1.807, 2.05) is 0 Å². The number of hydrogen-bond donors (Lipinski definition) is 1. The Morgan fingerprint density at radius 2 is 2.10 bits per heavy atom. The minimum absolute atomic E-state index is 0. The number of carbonyl (C=O) groups is 1. The number of carboxylic acids is 1. The van der Waals surface area contributed by atoms with E-state index in [4.69, 9.17) is 5.11 Å². The minimum atomic E-state index is -0.920. The summed E-state index contributed by atoms with van der Waals surface area (Å²) in [6.07, 6.45) is 2.86. The van der Waals surface area contributed by atoms with Gasteiger partial charge in [0.15, 0.2) is 0 Å². The van der Waals surface area contributed by atoms with Gasteiger partial charge in [-0.1, -0.05) is 12.7 Å². The molecule has 0 saturated heterocycles. The van der Waals surface area contributed by atoms with Crippen LogP contribution in [0.5, 0.6) is 0 Å². The largest absolute Gasteiger partial charge is 0.478 e. The van der Waals surface area contributed by atoms with E-state index in [-0.39, 0.29) is 10.3 Å². The molecular formula is C7H11FO2. The van der Waals surface area contributed by atoms with Crippen molar-refractivity contribution in [3.63, 3.8) is 0 Å². The summed E-state index contributed by atoms with van der Waals surface area (Å²) >= 11 is 0. The van der Waals surface area contributed by atoms with Crippen LogP contribution in [0, 0.1) is 0 Å². The Hall–Kier alpha value is -1.12. The summed E-state index contributed by atoms with van der Waals surface area (Å²) < 4.78 is 0. The molecule has 10 heavy (non-hydrogen) atoms. The predicted octanol–water partition coefficient (Wildman–Crippen LogP) is 1.75. The van der Waals surface area contributed by atoms with Crippen molar-refractivity contribution in [1.82, 2.24) is 0 Å². The van der Waals surface area contributed by atoms with Gasteiger partial charge in [0.25, 0.3) is 0 Å². The first-order chi connectivity index (χ1) is 4.18. The van der Waals surface area contributed by atoms with E-state index in [2.05, 4.69) is 13.2 Å². The lowest BCUT2D eigenvalue weighted by Crippen LogP contribution is -1.97. The van der Waals surface area contributed by atoms with E-state index in [0.29, 0.717) is 12.8 Å². The van der Waals surface area contributed by atoms with Crippen molar-refractivity contribution in [2.75, 3.05) is 0 Å². The monoisotopic (exact) mass is 146 g/mol. The van der Waals surface area contributed by atoms with E-state index < -0.39 is 5.97 Å². The molecule has 0 bridgehead atoms. The molecule has 0 rings (SSSR count). The van der Waals surface area contributed by atoms with E-state index in [9.17, 15) is 4.79 Å². The predicted molar refractivity (Wildman–Crippen MR) is 38.7 cm³/mol. The number of carboxylic acid groups (broad SMARTS) is 1. The molecular weight excluding hydrogens is 135 g/mol. The Kier molecular flexibility index (Phi) is 7.00. The molecule has 2 nitrogen and oxygen atoms in total. The van der Waals surface area contributed by atoms with Gasteiger partial charge in [-0.2, -0.15) is 0 Å². The topological polar surface area (TPSA) is 37.3 Å². The Bertz CT molecular complexity index is 141. The average molecular weight is 146 g/mol. The molecule has 0 spiro atoms. The Morgan fingerprint density at radius 1 is 1.60 bits per heavy atom. The average Bonchev–Trinajstić information content (AvgIpc) is 1.82. The van der Waals surface area contributed by atoms with Crippen LogP contribution in [0.1, 0.15) is 12.8 Å². The second-order valence-corrected chi connectivity index (χ2v) is 1.74. The van der Waals surface area contributed by atoms with Crippen LogP contribution in [0.3, 0.4) is 0 Å². The number of rotatable bonds is 4. The molecule has 58 valence electrons. The van der Waals surface area contributed by atoms with Crippen molar-refractivity contribution in [1.29, 1.82) is 0 Å². The van der Waals surface area contributed by atoms with Gasteiger partial charge in [0, 0.05) is 5.57 Å². The standard InChI is InChI=1S/C7H10O2.FH/c1-3-4-5-6(2)7(8)9;/h3H,1-2,4-5H2,(H,8,9);1H. The highest BCUT2D eigenvalue weighted by atomic mass is 19.0. The van der Waals surface area contributed by atoms with Crippen molar-refractivity contribution >= 4 is 5.97 Å². The maximum absolute atomic E-state index is 10.1. The van der Waals surface area contributed by atoms with Crippen molar-refractivity contribution < 1.29 is 14.6 Å². The molecule has 0 aromatic heterocycles. The van der Waals surface area contributed by atoms with Gasteiger partial charge in [-0.3, -0.25) is 4.70 Å². The lowest BCUT2D eigenvalue weighted by molar-refractivity contribution is -0.132. The maximum atomic E-state index is 10.1. The molecule has 0 saturated carbocycles. The summed E-state index contributed by atoms with van der Waals surface area (Å²) in [7, 11) is 0. The first-order valence-electron chi connectivity index (χ1n) is 2.70. The molecule has 0 aliphatic carbocycles. The molecule has 1 N–H and O–H groups in total. The molecule has 0 radical (unpaired) electrons. The van der Waals surface area contributed by atoms with Crippen LogP contribution in [-0.2, 0) is 4.79 Å². The smallest absolute Gasteiger partial charge is 0.330 e. The van der Waals surface area contributed by atoms with Crippen LogP contribution in [0.25, 0.3) is 0 Å². The Labute approximate surface area is 59.2 Å². The fraction of sp³-hybridized carbons (Fsp3) is 0.286. The Balaban J connectivity index is 0. The third-order valence-corrected chi connectivity index (χ3v) is 0.953. The van der Waals surface area contributed by atoms with Gasteiger partial charge in [0.2, 0.25) is 0 Å². The van der Waals surface area contributed by atoms with Gasteiger partial charge >= 0.3 is 5.97 Å². The summed E-state index contributed by atoms with van der Waals surface area (Å²) in [6, 6.07) is 0. The summed E-state index contributed by atoms with van der Waals surface area (Å²) in [5.74, 6) is -0.920. The van der Waals surface area contributed by atoms with Gasteiger partial charge in [0.05, 0.1) is 0 Å². The molecule has 0 heterocycles. The van der Waals surface area contributed by atoms with E-state index >= 15 is 0 Å². The van der Waals surface area contributed by atoms with Crippen LogP contribution in [0.4, 0.5) is 4.70 Å². The summed E-state index contributed by atoms with van der Waals surface area (Å²) in [5, 5.41) is 8.27. The third-order valence-electron chi connectivity index (χ3n) is 0.953. The first kappa shape index (κ1) is 11.6. The van der Waals surface area contributed by atoms with Gasteiger partial charge in [-0.05, 0) is 12.8 Å². The summed E-state index contributed by atoms with van der Waals surface area (Å²) in [5.41, 5.74) is 0.245. The quantitative estimate of drug-likeness (QED) is 0.484. The van der Waals surface area contributed by atoms with E-state index in [1.54, 1.807) is 6.08 Å². The fourth-order valence-corrected chi connectivity index (χ4v) is 0.383. The van der Waals surface area contributed by atoms with Crippen LogP contribution in [0.2, 0.25) is 0 Å². The molecule has 3 heteroatoms. The minimum Gasteiger partial charge on any atom is -0.478 e. The second kappa shape index (κ2) is 6.01. The van der Waals surface area contributed by atoms with E-state index in [1.165, 1.54) is 0 Å². The number of halogens is 1. The number of aliphatic carboxylic acids is 1. The molecule has 0 atom stereocenters. The number of hydrogen-bond acceptors (Lipinski definition) is 1. The highest BCUT2D eigenvalue weighted by Gasteiger charge is 1.99. The second-order valence-electron chi connectivity index (χ2n) is 1.74. The highest BCUT2D eigenvalue weighted by molar-refractivity contribution is 5.85. The van der Waals surface area contributed by atoms with Crippen molar-refractivity contribution in [3.8, 4) is 0 Å². The van der Waals surface area contributed by atoms with Gasteiger partial charge in [0.1, 0.15) is 0 Å². The molecule has 0 fully saturated rings. The van der Waals surface area contributed by atoms with Crippen LogP contribution in [0.15, 0.2) is 24.8 Å². The lowest BCUT2D eigenvalue weighted by atomic mass is 10.2. The van der Waals surface area contributed by atoms with Crippen molar-refractivity contribution in [2.45, 2.75) is 12.8 Å². The summed E-state index contributed by atoms with van der Waals surface area (Å²) in [4.78, 5) is 10.1. The van der Waals surface area contributed by atoms with Crippen LogP contribution in [-0.4, -0.2) is 11.1 Å². The van der Waals surface area contributed by atoms with Gasteiger partial charge in [-0.15, -0.1) is 6.58 Å².